The zero-order chi connectivity index (χ0) is 15.5. The van der Waals surface area contributed by atoms with Crippen molar-refractivity contribution < 1.29 is 10.2 Å². The van der Waals surface area contributed by atoms with E-state index in [4.69, 9.17) is 0 Å². The molecule has 6 atom stereocenters. The molecule has 2 heteroatoms. The van der Waals surface area contributed by atoms with Crippen molar-refractivity contribution in [2.24, 2.45) is 28.6 Å². The molecule has 2 N–H and O–H groups in total. The Morgan fingerprint density at radius 2 is 1.95 bits per heavy atom. The van der Waals surface area contributed by atoms with Crippen LogP contribution in [0.5, 0.6) is 0 Å². The number of rotatable bonds is 1. The molecule has 0 aliphatic heterocycles. The molecule has 0 spiro atoms. The Morgan fingerprint density at radius 3 is 2.73 bits per heavy atom. The van der Waals surface area contributed by atoms with Gasteiger partial charge in [-0.25, -0.2) is 0 Å². The van der Waals surface area contributed by atoms with Crippen LogP contribution in [0.4, 0.5) is 0 Å². The van der Waals surface area contributed by atoms with Crippen LogP contribution in [0, 0.1) is 28.6 Å². The highest BCUT2D eigenvalue weighted by Crippen LogP contribution is 2.65. The van der Waals surface area contributed by atoms with Gasteiger partial charge in [0.25, 0.3) is 0 Å². The average molecular weight is 302 g/mol. The van der Waals surface area contributed by atoms with Gasteiger partial charge in [0.1, 0.15) is 0 Å². The van der Waals surface area contributed by atoms with Crippen LogP contribution in [0.1, 0.15) is 58.3 Å². The maximum absolute atomic E-state index is 10.5. The minimum absolute atomic E-state index is 0.0268. The smallest absolute Gasteiger partial charge is 0.0596 e. The molecule has 0 bridgehead atoms. The molecule has 3 saturated carbocycles. The van der Waals surface area contributed by atoms with Crippen LogP contribution in [0.3, 0.4) is 0 Å². The van der Waals surface area contributed by atoms with E-state index in [9.17, 15) is 10.2 Å². The SMILES string of the molecule is C=C1C=C2CC[C@@H]3[C@H](CC[C@]4(C)C(O)CC[C@@H]34)[C@@]2(CO)CC1. The first-order chi connectivity index (χ1) is 10.5. The van der Waals surface area contributed by atoms with Gasteiger partial charge in [-0.1, -0.05) is 30.7 Å². The summed E-state index contributed by atoms with van der Waals surface area (Å²) in [6.45, 7) is 6.79. The van der Waals surface area contributed by atoms with Crippen LogP contribution in [0.15, 0.2) is 23.8 Å². The third-order valence-electron chi connectivity index (χ3n) is 8.04. The highest BCUT2D eigenvalue weighted by Gasteiger charge is 2.59. The number of allylic oxidation sites excluding steroid dienone is 2. The van der Waals surface area contributed by atoms with E-state index in [0.29, 0.717) is 24.4 Å². The van der Waals surface area contributed by atoms with Gasteiger partial charge in [0, 0.05) is 5.41 Å². The topological polar surface area (TPSA) is 40.5 Å². The minimum Gasteiger partial charge on any atom is -0.395 e. The summed E-state index contributed by atoms with van der Waals surface area (Å²) >= 11 is 0. The summed E-state index contributed by atoms with van der Waals surface area (Å²) in [6, 6.07) is 0. The van der Waals surface area contributed by atoms with Gasteiger partial charge in [-0.3, -0.25) is 0 Å². The zero-order valence-electron chi connectivity index (χ0n) is 13.9. The molecule has 22 heavy (non-hydrogen) atoms. The molecule has 0 aromatic carbocycles. The third-order valence-corrected chi connectivity index (χ3v) is 8.04. The molecule has 3 fully saturated rings. The van der Waals surface area contributed by atoms with Crippen molar-refractivity contribution in [3.8, 4) is 0 Å². The highest BCUT2D eigenvalue weighted by atomic mass is 16.3. The minimum atomic E-state index is -0.105. The summed E-state index contributed by atoms with van der Waals surface area (Å²) in [7, 11) is 0. The van der Waals surface area contributed by atoms with E-state index < -0.39 is 0 Å². The standard InChI is InChI=1S/C20H30O2/c1-13-7-10-20(12-21)14(11-13)3-4-15-16-5-6-18(22)19(16,2)9-8-17(15)20/h11,15-18,21-22H,1,3-10,12H2,2H3/t15-,16-,17-,18?,19-,20+/m0/s1. The van der Waals surface area contributed by atoms with Crippen molar-refractivity contribution in [1.29, 1.82) is 0 Å². The molecular weight excluding hydrogens is 272 g/mol. The highest BCUT2D eigenvalue weighted by molar-refractivity contribution is 5.34. The number of fused-ring (bicyclic) bond motifs is 5. The Morgan fingerprint density at radius 1 is 1.14 bits per heavy atom. The van der Waals surface area contributed by atoms with E-state index in [1.165, 1.54) is 30.4 Å². The predicted octanol–water partition coefficient (Wildman–Crippen LogP) is 3.84. The first-order valence-electron chi connectivity index (χ1n) is 9.19. The van der Waals surface area contributed by atoms with Crippen LogP contribution < -0.4 is 0 Å². The molecule has 0 heterocycles. The molecule has 0 amide bonds. The summed E-state index contributed by atoms with van der Waals surface area (Å²) in [5, 5.41) is 20.8. The zero-order valence-corrected chi connectivity index (χ0v) is 13.9. The van der Waals surface area contributed by atoms with E-state index in [-0.39, 0.29) is 16.9 Å². The monoisotopic (exact) mass is 302 g/mol. The molecule has 4 rings (SSSR count). The normalized spacial score (nSPS) is 50.9. The van der Waals surface area contributed by atoms with Crippen molar-refractivity contribution >= 4 is 0 Å². The summed E-state index contributed by atoms with van der Waals surface area (Å²) in [5.41, 5.74) is 2.89. The lowest BCUT2D eigenvalue weighted by Gasteiger charge is -2.58. The van der Waals surface area contributed by atoms with Crippen LogP contribution in [0.25, 0.3) is 0 Å². The molecule has 0 radical (unpaired) electrons. The Kier molecular flexibility index (Phi) is 3.36. The van der Waals surface area contributed by atoms with Crippen LogP contribution in [-0.4, -0.2) is 22.9 Å². The first kappa shape index (κ1) is 15.0. The molecule has 2 nitrogen and oxygen atoms in total. The van der Waals surface area contributed by atoms with Gasteiger partial charge in [0.05, 0.1) is 12.7 Å². The molecule has 4 aliphatic rings. The number of aliphatic hydroxyl groups excluding tert-OH is 2. The molecular formula is C20H30O2. The van der Waals surface area contributed by atoms with Gasteiger partial charge in [0.15, 0.2) is 0 Å². The van der Waals surface area contributed by atoms with Gasteiger partial charge < -0.3 is 10.2 Å². The average Bonchev–Trinajstić information content (AvgIpc) is 2.82. The van der Waals surface area contributed by atoms with Gasteiger partial charge in [-0.05, 0) is 74.5 Å². The fourth-order valence-electron chi connectivity index (χ4n) is 6.72. The lowest BCUT2D eigenvalue weighted by molar-refractivity contribution is -0.0892. The Labute approximate surface area is 134 Å². The van der Waals surface area contributed by atoms with Crippen molar-refractivity contribution in [3.63, 3.8) is 0 Å². The predicted molar refractivity (Wildman–Crippen MR) is 88.3 cm³/mol. The summed E-state index contributed by atoms with van der Waals surface area (Å²) < 4.78 is 0. The molecule has 122 valence electrons. The lowest BCUT2D eigenvalue weighted by atomic mass is 9.47. The number of hydrogen-bond acceptors (Lipinski definition) is 2. The molecule has 0 aromatic rings. The van der Waals surface area contributed by atoms with Gasteiger partial charge in [-0.15, -0.1) is 0 Å². The Bertz CT molecular complexity index is 522. The van der Waals surface area contributed by atoms with Crippen molar-refractivity contribution in [1.82, 2.24) is 0 Å². The molecule has 4 aliphatic carbocycles. The van der Waals surface area contributed by atoms with Gasteiger partial charge in [0.2, 0.25) is 0 Å². The van der Waals surface area contributed by atoms with Crippen LogP contribution in [0.2, 0.25) is 0 Å². The molecule has 0 aromatic heterocycles. The maximum Gasteiger partial charge on any atom is 0.0596 e. The Balaban J connectivity index is 1.71. The number of hydrogen-bond donors (Lipinski definition) is 2. The van der Waals surface area contributed by atoms with Crippen molar-refractivity contribution in [2.75, 3.05) is 6.61 Å². The maximum atomic E-state index is 10.5. The van der Waals surface area contributed by atoms with Crippen LogP contribution in [-0.2, 0) is 0 Å². The van der Waals surface area contributed by atoms with E-state index in [2.05, 4.69) is 19.6 Å². The van der Waals surface area contributed by atoms with E-state index in [1.807, 2.05) is 0 Å². The van der Waals surface area contributed by atoms with Crippen molar-refractivity contribution in [3.05, 3.63) is 23.8 Å². The van der Waals surface area contributed by atoms with Crippen LogP contribution >= 0.6 is 0 Å². The Hall–Kier alpha value is -0.600. The van der Waals surface area contributed by atoms with Gasteiger partial charge in [-0.2, -0.15) is 0 Å². The van der Waals surface area contributed by atoms with Crippen molar-refractivity contribution in [2.45, 2.75) is 64.4 Å². The molecule has 0 saturated heterocycles. The second-order valence-electron chi connectivity index (χ2n) is 8.70. The summed E-state index contributed by atoms with van der Waals surface area (Å²) in [5.74, 6) is 1.98. The van der Waals surface area contributed by atoms with Gasteiger partial charge >= 0.3 is 0 Å². The third kappa shape index (κ3) is 1.80. The lowest BCUT2D eigenvalue weighted by Crippen LogP contribution is -2.53. The second-order valence-corrected chi connectivity index (χ2v) is 8.70. The fraction of sp³-hybridized carbons (Fsp3) is 0.800. The van der Waals surface area contributed by atoms with E-state index in [1.54, 1.807) is 0 Å². The molecule has 1 unspecified atom stereocenters. The summed E-state index contributed by atoms with van der Waals surface area (Å²) in [4.78, 5) is 0. The largest absolute Gasteiger partial charge is 0.395 e. The second kappa shape index (κ2) is 4.95. The fourth-order valence-corrected chi connectivity index (χ4v) is 6.72. The number of aliphatic hydroxyl groups is 2. The summed E-state index contributed by atoms with van der Waals surface area (Å²) in [6.07, 6.45) is 11.2. The quantitative estimate of drug-likeness (QED) is 0.772. The first-order valence-corrected chi connectivity index (χ1v) is 9.19. The van der Waals surface area contributed by atoms with E-state index in [0.717, 1.165) is 32.1 Å². The van der Waals surface area contributed by atoms with E-state index >= 15 is 0 Å².